The molecule has 6 heteroatoms. The van der Waals surface area contributed by atoms with E-state index in [1.54, 1.807) is 12.4 Å². The summed E-state index contributed by atoms with van der Waals surface area (Å²) < 4.78 is 0. The first kappa shape index (κ1) is 12.9. The van der Waals surface area contributed by atoms with E-state index in [1.165, 1.54) is 6.42 Å². The number of anilines is 2. The van der Waals surface area contributed by atoms with Gasteiger partial charge >= 0.3 is 0 Å². The first-order chi connectivity index (χ1) is 9.72. The molecule has 2 N–H and O–H groups in total. The quantitative estimate of drug-likeness (QED) is 0.889. The lowest BCUT2D eigenvalue weighted by Crippen LogP contribution is -2.17. The number of aryl methyl sites for hydroxylation is 2. The van der Waals surface area contributed by atoms with Crippen LogP contribution in [0.15, 0.2) is 18.5 Å². The van der Waals surface area contributed by atoms with E-state index in [1.807, 2.05) is 19.9 Å². The molecule has 1 atom stereocenters. The number of rotatable bonds is 3. The molecule has 20 heavy (non-hydrogen) atoms. The largest absolute Gasteiger partial charge is 0.309 e. The summed E-state index contributed by atoms with van der Waals surface area (Å²) in [6, 6.07) is 2.21. The topological polar surface area (TPSA) is 75.6 Å². The Kier molecular flexibility index (Phi) is 3.56. The summed E-state index contributed by atoms with van der Waals surface area (Å²) >= 11 is 0. The molecule has 0 aliphatic carbocycles. The van der Waals surface area contributed by atoms with Crippen LogP contribution in [-0.4, -0.2) is 26.5 Å². The second kappa shape index (κ2) is 5.50. The van der Waals surface area contributed by atoms with Gasteiger partial charge in [0.2, 0.25) is 5.95 Å². The normalized spacial score (nSPS) is 18.2. The molecule has 6 nitrogen and oxygen atoms in total. The summed E-state index contributed by atoms with van der Waals surface area (Å²) in [6.07, 6.45) is 5.66. The highest BCUT2D eigenvalue weighted by Gasteiger charge is 2.21. The zero-order valence-corrected chi connectivity index (χ0v) is 11.7. The lowest BCUT2D eigenvalue weighted by molar-refractivity contribution is 0.626. The lowest BCUT2D eigenvalue weighted by Gasteiger charge is -2.14. The fourth-order valence-electron chi connectivity index (χ4n) is 2.51. The molecule has 0 aromatic carbocycles. The Bertz CT molecular complexity index is 586. The van der Waals surface area contributed by atoms with Gasteiger partial charge in [-0.1, -0.05) is 0 Å². The molecule has 1 unspecified atom stereocenters. The van der Waals surface area contributed by atoms with Gasteiger partial charge in [-0.25, -0.2) is 15.0 Å². The molecular weight excluding hydrogens is 252 g/mol. The number of nitrogens with one attached hydrogen (secondary N) is 2. The first-order valence-electron chi connectivity index (χ1n) is 6.86. The van der Waals surface area contributed by atoms with Crippen LogP contribution in [0.4, 0.5) is 11.8 Å². The summed E-state index contributed by atoms with van der Waals surface area (Å²) in [7, 11) is 0. The Morgan fingerprint density at radius 3 is 2.60 bits per heavy atom. The number of hydrogen-bond donors (Lipinski definition) is 2. The predicted molar refractivity (Wildman–Crippen MR) is 76.8 cm³/mol. The number of aromatic nitrogens is 4. The molecule has 0 saturated carbocycles. The summed E-state index contributed by atoms with van der Waals surface area (Å²) in [6.45, 7) is 4.94. The Balaban J connectivity index is 1.90. The molecule has 2 aromatic rings. The third-order valence-corrected chi connectivity index (χ3v) is 3.33. The number of nitrogens with zero attached hydrogens (tertiary/aromatic N) is 4. The van der Waals surface area contributed by atoms with E-state index in [0.717, 1.165) is 35.9 Å². The summed E-state index contributed by atoms with van der Waals surface area (Å²) in [5.74, 6) is 1.30. The third kappa shape index (κ3) is 2.75. The molecular formula is C14H18N6. The maximum Gasteiger partial charge on any atom is 0.228 e. The van der Waals surface area contributed by atoms with Crippen molar-refractivity contribution in [3.8, 4) is 0 Å². The van der Waals surface area contributed by atoms with Crippen LogP contribution in [0.2, 0.25) is 0 Å². The van der Waals surface area contributed by atoms with E-state index in [-0.39, 0.29) is 6.04 Å². The van der Waals surface area contributed by atoms with Crippen molar-refractivity contribution in [3.63, 3.8) is 0 Å². The van der Waals surface area contributed by atoms with Crippen molar-refractivity contribution in [2.45, 2.75) is 32.7 Å². The summed E-state index contributed by atoms with van der Waals surface area (Å²) in [5.41, 5.74) is 2.81. The smallest absolute Gasteiger partial charge is 0.228 e. The van der Waals surface area contributed by atoms with Gasteiger partial charge in [-0.2, -0.15) is 0 Å². The number of hydrogen-bond acceptors (Lipinski definition) is 6. The fourth-order valence-corrected chi connectivity index (χ4v) is 2.51. The molecule has 0 radical (unpaired) electrons. The molecule has 3 rings (SSSR count). The minimum absolute atomic E-state index is 0.261. The summed E-state index contributed by atoms with van der Waals surface area (Å²) in [5, 5.41) is 6.63. The maximum absolute atomic E-state index is 4.46. The fraction of sp³-hybridized carbons (Fsp3) is 0.429. The third-order valence-electron chi connectivity index (χ3n) is 3.33. The molecule has 1 aliphatic rings. The van der Waals surface area contributed by atoms with Gasteiger partial charge in [-0.15, -0.1) is 0 Å². The average molecular weight is 270 g/mol. The van der Waals surface area contributed by atoms with Crippen LogP contribution < -0.4 is 10.6 Å². The SMILES string of the molecule is Cc1cc(C)nc(Nc2nccnc2C2CCCN2)n1. The minimum Gasteiger partial charge on any atom is -0.309 e. The van der Waals surface area contributed by atoms with E-state index < -0.39 is 0 Å². The van der Waals surface area contributed by atoms with E-state index in [2.05, 4.69) is 30.6 Å². The average Bonchev–Trinajstić information content (AvgIpc) is 2.92. The van der Waals surface area contributed by atoms with Crippen LogP contribution in [0.25, 0.3) is 0 Å². The van der Waals surface area contributed by atoms with Gasteiger partial charge in [0.25, 0.3) is 0 Å². The standard InChI is InChI=1S/C14H18N6/c1-9-8-10(2)19-14(18-9)20-13-12(16-6-7-17-13)11-4-3-5-15-11/h6-8,11,15H,3-5H2,1-2H3,(H,17,18,19,20). The van der Waals surface area contributed by atoms with Crippen molar-refractivity contribution in [1.82, 2.24) is 25.3 Å². The summed E-state index contributed by atoms with van der Waals surface area (Å²) in [4.78, 5) is 17.6. The minimum atomic E-state index is 0.261. The Hall–Kier alpha value is -2.08. The van der Waals surface area contributed by atoms with Crippen LogP contribution >= 0.6 is 0 Å². The second-order valence-electron chi connectivity index (χ2n) is 5.04. The molecule has 0 amide bonds. The van der Waals surface area contributed by atoms with Crippen LogP contribution in [0.5, 0.6) is 0 Å². The van der Waals surface area contributed by atoms with Crippen molar-refractivity contribution in [3.05, 3.63) is 35.5 Å². The van der Waals surface area contributed by atoms with Crippen molar-refractivity contribution in [2.75, 3.05) is 11.9 Å². The van der Waals surface area contributed by atoms with E-state index >= 15 is 0 Å². The molecule has 1 aliphatic heterocycles. The van der Waals surface area contributed by atoms with E-state index in [9.17, 15) is 0 Å². The van der Waals surface area contributed by atoms with Crippen molar-refractivity contribution < 1.29 is 0 Å². The van der Waals surface area contributed by atoms with Gasteiger partial charge in [-0.3, -0.25) is 4.98 Å². The second-order valence-corrected chi connectivity index (χ2v) is 5.04. The van der Waals surface area contributed by atoms with E-state index in [4.69, 9.17) is 0 Å². The van der Waals surface area contributed by atoms with Crippen molar-refractivity contribution in [1.29, 1.82) is 0 Å². The van der Waals surface area contributed by atoms with E-state index in [0.29, 0.717) is 5.95 Å². The van der Waals surface area contributed by atoms with Gasteiger partial charge in [-0.05, 0) is 39.3 Å². The highest BCUT2D eigenvalue weighted by atomic mass is 15.2. The zero-order chi connectivity index (χ0) is 13.9. The van der Waals surface area contributed by atoms with Gasteiger partial charge in [0, 0.05) is 23.8 Å². The highest BCUT2D eigenvalue weighted by Crippen LogP contribution is 2.26. The van der Waals surface area contributed by atoms with Gasteiger partial charge in [0.1, 0.15) is 0 Å². The maximum atomic E-state index is 4.46. The zero-order valence-electron chi connectivity index (χ0n) is 11.7. The first-order valence-corrected chi connectivity index (χ1v) is 6.86. The van der Waals surface area contributed by atoms with Crippen LogP contribution in [0.3, 0.4) is 0 Å². The highest BCUT2D eigenvalue weighted by molar-refractivity contribution is 5.52. The predicted octanol–water partition coefficient (Wildman–Crippen LogP) is 2.05. The molecule has 1 saturated heterocycles. The molecule has 3 heterocycles. The molecule has 0 spiro atoms. The molecule has 1 fully saturated rings. The van der Waals surface area contributed by atoms with Gasteiger partial charge in [0.05, 0.1) is 11.7 Å². The Labute approximate surface area is 118 Å². The molecule has 2 aromatic heterocycles. The lowest BCUT2D eigenvalue weighted by atomic mass is 10.1. The van der Waals surface area contributed by atoms with Gasteiger partial charge in [0.15, 0.2) is 5.82 Å². The van der Waals surface area contributed by atoms with Gasteiger partial charge < -0.3 is 10.6 Å². The van der Waals surface area contributed by atoms with Crippen LogP contribution in [-0.2, 0) is 0 Å². The van der Waals surface area contributed by atoms with Crippen molar-refractivity contribution in [2.24, 2.45) is 0 Å². The monoisotopic (exact) mass is 270 g/mol. The Morgan fingerprint density at radius 2 is 1.90 bits per heavy atom. The Morgan fingerprint density at radius 1 is 1.15 bits per heavy atom. The molecule has 104 valence electrons. The van der Waals surface area contributed by atoms with Crippen LogP contribution in [0.1, 0.15) is 36.0 Å². The van der Waals surface area contributed by atoms with Crippen LogP contribution in [0, 0.1) is 13.8 Å². The molecule has 0 bridgehead atoms. The van der Waals surface area contributed by atoms with Crippen molar-refractivity contribution >= 4 is 11.8 Å².